The molecule has 0 aliphatic carbocycles. The summed E-state index contributed by atoms with van der Waals surface area (Å²) in [5.74, 6) is 0.626. The molecule has 1 aromatic carbocycles. The van der Waals surface area contributed by atoms with E-state index < -0.39 is 10.0 Å². The van der Waals surface area contributed by atoms with Gasteiger partial charge in [0, 0.05) is 25.7 Å². The molecule has 22 heavy (non-hydrogen) atoms. The molecule has 0 fully saturated rings. The Morgan fingerprint density at radius 1 is 1.32 bits per heavy atom. The first-order valence-electron chi connectivity index (χ1n) is 6.88. The number of nitrogens with one attached hydrogen (secondary N) is 1. The van der Waals surface area contributed by atoms with E-state index in [4.69, 9.17) is 4.42 Å². The van der Waals surface area contributed by atoms with Gasteiger partial charge in [-0.1, -0.05) is 0 Å². The second kappa shape index (κ2) is 5.58. The van der Waals surface area contributed by atoms with Crippen LogP contribution in [0.3, 0.4) is 0 Å². The molecule has 0 atom stereocenters. The Labute approximate surface area is 128 Å². The van der Waals surface area contributed by atoms with Crippen molar-refractivity contribution in [2.24, 2.45) is 0 Å². The van der Waals surface area contributed by atoms with E-state index in [0.717, 1.165) is 5.76 Å². The largest absolute Gasteiger partial charge is 0.469 e. The van der Waals surface area contributed by atoms with E-state index >= 15 is 0 Å². The zero-order valence-electron chi connectivity index (χ0n) is 12.1. The van der Waals surface area contributed by atoms with E-state index in [9.17, 15) is 13.2 Å². The SMILES string of the molecule is CN(CCc1ccco1)S(=O)(=O)c1ccc2c(c1)CC(=O)N2. The average molecular weight is 320 g/mol. The minimum Gasteiger partial charge on any atom is -0.469 e. The molecule has 0 bridgehead atoms. The summed E-state index contributed by atoms with van der Waals surface area (Å²) in [7, 11) is -2.04. The Morgan fingerprint density at radius 2 is 2.14 bits per heavy atom. The third kappa shape index (κ3) is 2.77. The molecule has 1 amide bonds. The van der Waals surface area contributed by atoms with E-state index in [0.29, 0.717) is 24.2 Å². The van der Waals surface area contributed by atoms with Gasteiger partial charge in [-0.2, -0.15) is 0 Å². The van der Waals surface area contributed by atoms with Crippen molar-refractivity contribution in [1.29, 1.82) is 0 Å². The van der Waals surface area contributed by atoms with Crippen LogP contribution >= 0.6 is 0 Å². The van der Waals surface area contributed by atoms with Gasteiger partial charge < -0.3 is 9.73 Å². The zero-order valence-corrected chi connectivity index (χ0v) is 12.9. The van der Waals surface area contributed by atoms with Gasteiger partial charge in [0.05, 0.1) is 17.6 Å². The number of amides is 1. The fourth-order valence-electron chi connectivity index (χ4n) is 2.39. The maximum Gasteiger partial charge on any atom is 0.242 e. The molecular formula is C15H16N2O4S. The van der Waals surface area contributed by atoms with Gasteiger partial charge in [-0.05, 0) is 35.9 Å². The van der Waals surface area contributed by atoms with Gasteiger partial charge in [0.25, 0.3) is 0 Å². The minimum atomic E-state index is -3.58. The molecule has 0 radical (unpaired) electrons. The van der Waals surface area contributed by atoms with Crippen molar-refractivity contribution in [3.8, 4) is 0 Å². The molecule has 0 saturated heterocycles. The van der Waals surface area contributed by atoms with E-state index in [2.05, 4.69) is 5.32 Å². The first-order valence-corrected chi connectivity index (χ1v) is 8.32. The monoisotopic (exact) mass is 320 g/mol. The van der Waals surface area contributed by atoms with Crippen LogP contribution in [0.1, 0.15) is 11.3 Å². The van der Waals surface area contributed by atoms with Crippen molar-refractivity contribution in [3.63, 3.8) is 0 Å². The number of fused-ring (bicyclic) bond motifs is 1. The summed E-state index contributed by atoms with van der Waals surface area (Å²) < 4.78 is 31.6. The first kappa shape index (κ1) is 14.8. The number of anilines is 1. The van der Waals surface area contributed by atoms with Crippen LogP contribution < -0.4 is 5.32 Å². The zero-order chi connectivity index (χ0) is 15.7. The predicted octanol–water partition coefficient (Wildman–Crippen LogP) is 1.64. The standard InChI is InChI=1S/C15H16N2O4S/c1-17(7-6-12-3-2-8-21-12)22(19,20)13-4-5-14-11(9-13)10-15(18)16-14/h2-5,8-9H,6-7,10H2,1H3,(H,16,18). The van der Waals surface area contributed by atoms with Gasteiger partial charge >= 0.3 is 0 Å². The molecule has 6 nitrogen and oxygen atoms in total. The van der Waals surface area contributed by atoms with Crippen LogP contribution in [0.5, 0.6) is 0 Å². The Kier molecular flexibility index (Phi) is 3.76. The highest BCUT2D eigenvalue weighted by atomic mass is 32.2. The number of benzene rings is 1. The number of carbonyl (C=O) groups is 1. The van der Waals surface area contributed by atoms with Crippen LogP contribution in [0.25, 0.3) is 0 Å². The van der Waals surface area contributed by atoms with Crippen LogP contribution in [0, 0.1) is 0 Å². The molecule has 2 heterocycles. The van der Waals surface area contributed by atoms with Gasteiger partial charge in [-0.15, -0.1) is 0 Å². The van der Waals surface area contributed by atoms with E-state index in [-0.39, 0.29) is 17.2 Å². The van der Waals surface area contributed by atoms with Gasteiger partial charge in [-0.25, -0.2) is 12.7 Å². The fraction of sp³-hybridized carbons (Fsp3) is 0.267. The quantitative estimate of drug-likeness (QED) is 0.908. The molecule has 0 saturated carbocycles. The number of furan rings is 1. The van der Waals surface area contributed by atoms with Gasteiger partial charge in [0.15, 0.2) is 0 Å². The summed E-state index contributed by atoms with van der Waals surface area (Å²) in [6, 6.07) is 8.30. The summed E-state index contributed by atoms with van der Waals surface area (Å²) in [6.45, 7) is 0.324. The Hall–Kier alpha value is -2.12. The van der Waals surface area contributed by atoms with E-state index in [1.54, 1.807) is 24.5 Å². The molecular weight excluding hydrogens is 304 g/mol. The number of carbonyl (C=O) groups excluding carboxylic acids is 1. The van der Waals surface area contributed by atoms with E-state index in [1.165, 1.54) is 17.4 Å². The highest BCUT2D eigenvalue weighted by Crippen LogP contribution is 2.27. The summed E-state index contributed by atoms with van der Waals surface area (Å²) in [5, 5.41) is 2.69. The first-order chi connectivity index (χ1) is 10.5. The molecule has 116 valence electrons. The van der Waals surface area contributed by atoms with E-state index in [1.807, 2.05) is 6.07 Å². The van der Waals surface area contributed by atoms with Gasteiger partial charge in [0.2, 0.25) is 15.9 Å². The summed E-state index contributed by atoms with van der Waals surface area (Å²) in [6.07, 6.45) is 2.29. The van der Waals surface area contributed by atoms with Crippen molar-refractivity contribution >= 4 is 21.6 Å². The van der Waals surface area contributed by atoms with Crippen LogP contribution in [-0.2, 0) is 27.7 Å². The lowest BCUT2D eigenvalue weighted by atomic mass is 10.2. The van der Waals surface area contributed by atoms with Gasteiger partial charge in [0.1, 0.15) is 5.76 Å². The third-order valence-electron chi connectivity index (χ3n) is 3.66. The number of hydrogen-bond acceptors (Lipinski definition) is 4. The molecule has 7 heteroatoms. The van der Waals surface area contributed by atoms with Crippen molar-refractivity contribution in [1.82, 2.24) is 4.31 Å². The summed E-state index contributed by atoms with van der Waals surface area (Å²) >= 11 is 0. The highest BCUT2D eigenvalue weighted by Gasteiger charge is 2.24. The third-order valence-corrected chi connectivity index (χ3v) is 5.52. The fourth-order valence-corrected chi connectivity index (χ4v) is 3.61. The molecule has 1 aliphatic heterocycles. The Balaban J connectivity index is 1.77. The van der Waals surface area contributed by atoms with Crippen molar-refractivity contribution in [3.05, 3.63) is 47.9 Å². The lowest BCUT2D eigenvalue weighted by molar-refractivity contribution is -0.115. The second-order valence-electron chi connectivity index (χ2n) is 5.20. The number of likely N-dealkylation sites (N-methyl/N-ethyl adjacent to an activating group) is 1. The molecule has 0 spiro atoms. The molecule has 0 unspecified atom stereocenters. The van der Waals surface area contributed by atoms with Crippen LogP contribution in [0.15, 0.2) is 45.9 Å². The number of hydrogen-bond donors (Lipinski definition) is 1. The highest BCUT2D eigenvalue weighted by molar-refractivity contribution is 7.89. The molecule has 1 N–H and O–H groups in total. The number of sulfonamides is 1. The predicted molar refractivity (Wildman–Crippen MR) is 81.0 cm³/mol. The maximum atomic E-state index is 12.6. The second-order valence-corrected chi connectivity index (χ2v) is 7.24. The summed E-state index contributed by atoms with van der Waals surface area (Å²) in [4.78, 5) is 11.5. The lowest BCUT2D eigenvalue weighted by Gasteiger charge is -2.17. The number of nitrogens with zero attached hydrogens (tertiary/aromatic N) is 1. The van der Waals surface area contributed by atoms with Crippen molar-refractivity contribution in [2.45, 2.75) is 17.7 Å². The minimum absolute atomic E-state index is 0.115. The topological polar surface area (TPSA) is 79.6 Å². The normalized spacial score (nSPS) is 14.2. The molecule has 3 rings (SSSR count). The molecule has 1 aromatic heterocycles. The average Bonchev–Trinajstić information content (AvgIpc) is 3.11. The van der Waals surface area contributed by atoms with Crippen molar-refractivity contribution < 1.29 is 17.6 Å². The molecule has 2 aromatic rings. The van der Waals surface area contributed by atoms with Crippen LogP contribution in [0.2, 0.25) is 0 Å². The summed E-state index contributed by atoms with van der Waals surface area (Å²) in [5.41, 5.74) is 1.40. The smallest absolute Gasteiger partial charge is 0.242 e. The van der Waals surface area contributed by atoms with Crippen molar-refractivity contribution in [2.75, 3.05) is 18.9 Å². The maximum absolute atomic E-state index is 12.6. The lowest BCUT2D eigenvalue weighted by Crippen LogP contribution is -2.29. The van der Waals surface area contributed by atoms with Crippen LogP contribution in [-0.4, -0.2) is 32.2 Å². The van der Waals surface area contributed by atoms with Crippen LogP contribution in [0.4, 0.5) is 5.69 Å². The number of rotatable bonds is 5. The molecule has 1 aliphatic rings. The Bertz CT molecular complexity index is 797. The Morgan fingerprint density at radius 3 is 2.86 bits per heavy atom. The van der Waals surface area contributed by atoms with Gasteiger partial charge in [-0.3, -0.25) is 4.79 Å².